The lowest BCUT2D eigenvalue weighted by atomic mass is 10.1. The summed E-state index contributed by atoms with van der Waals surface area (Å²) in [5.41, 5.74) is 3.99. The number of aryl methyl sites for hydroxylation is 1. The molecule has 0 atom stereocenters. The predicted molar refractivity (Wildman–Crippen MR) is 85.4 cm³/mol. The van der Waals surface area contributed by atoms with E-state index in [1.807, 2.05) is 32.0 Å². The van der Waals surface area contributed by atoms with Gasteiger partial charge in [0.05, 0.1) is 17.8 Å². The highest BCUT2D eigenvalue weighted by molar-refractivity contribution is 6.30. The lowest BCUT2D eigenvalue weighted by molar-refractivity contribution is 0.101. The van der Waals surface area contributed by atoms with Crippen molar-refractivity contribution < 1.29 is 4.79 Å². The van der Waals surface area contributed by atoms with Gasteiger partial charge in [0.15, 0.2) is 11.5 Å². The third-order valence-corrected chi connectivity index (χ3v) is 3.96. The molecule has 0 saturated carbocycles. The Balaban J connectivity index is 2.03. The summed E-state index contributed by atoms with van der Waals surface area (Å²) in [5.74, 6) is -0.0953. The molecule has 0 bridgehead atoms. The number of hydrogen-bond donors (Lipinski definition) is 0. The number of Topliss-reactive ketones (excluding diaryl/α,β-unsaturated/α-hetero) is 1. The summed E-state index contributed by atoms with van der Waals surface area (Å²) < 4.78 is 1.67. The number of fused-ring (bicyclic) bond motifs is 1. The van der Waals surface area contributed by atoms with Crippen molar-refractivity contribution in [2.45, 2.75) is 27.3 Å². The summed E-state index contributed by atoms with van der Waals surface area (Å²) in [6, 6.07) is 8.03. The lowest BCUT2D eigenvalue weighted by Gasteiger charge is -2.08. The van der Waals surface area contributed by atoms with Crippen LogP contribution in [0.3, 0.4) is 0 Å². The third kappa shape index (κ3) is 2.60. The van der Waals surface area contributed by atoms with Gasteiger partial charge in [-0.25, -0.2) is 9.67 Å². The maximum atomic E-state index is 11.5. The smallest absolute Gasteiger partial charge is 0.181 e. The number of pyridine rings is 1. The zero-order valence-corrected chi connectivity index (χ0v) is 13.3. The molecule has 3 rings (SSSR count). The van der Waals surface area contributed by atoms with E-state index in [1.165, 1.54) is 12.5 Å². The van der Waals surface area contributed by atoms with Gasteiger partial charge in [-0.05, 0) is 32.0 Å². The predicted octanol–water partition coefficient (Wildman–Crippen LogP) is 3.35. The molecule has 0 aliphatic rings. The fourth-order valence-electron chi connectivity index (χ4n) is 2.42. The average molecular weight is 315 g/mol. The van der Waals surface area contributed by atoms with E-state index in [-0.39, 0.29) is 5.78 Å². The first-order chi connectivity index (χ1) is 10.5. The number of carbonyl (C=O) groups is 1. The lowest BCUT2D eigenvalue weighted by Crippen LogP contribution is -2.06. The molecule has 2 aromatic heterocycles. The minimum absolute atomic E-state index is 0.0953. The molecular weight excluding hydrogens is 300 g/mol. The van der Waals surface area contributed by atoms with Crippen LogP contribution in [0.25, 0.3) is 10.9 Å². The Bertz CT molecular complexity index is 885. The van der Waals surface area contributed by atoms with Gasteiger partial charge >= 0.3 is 0 Å². The number of carbonyl (C=O) groups excluding carboxylic acids is 1. The average Bonchev–Trinajstić information content (AvgIpc) is 2.81. The quantitative estimate of drug-likeness (QED) is 0.549. The van der Waals surface area contributed by atoms with Crippen LogP contribution in [0.2, 0.25) is 5.15 Å². The summed E-state index contributed by atoms with van der Waals surface area (Å²) in [4.78, 5) is 15.9. The molecule has 112 valence electrons. The van der Waals surface area contributed by atoms with E-state index in [1.54, 1.807) is 4.68 Å². The Morgan fingerprint density at radius 1 is 1.27 bits per heavy atom. The largest absolute Gasteiger partial charge is 0.293 e. The minimum atomic E-state index is -0.0953. The monoisotopic (exact) mass is 314 g/mol. The maximum absolute atomic E-state index is 11.5. The third-order valence-electron chi connectivity index (χ3n) is 3.63. The van der Waals surface area contributed by atoms with Gasteiger partial charge in [0.1, 0.15) is 5.15 Å². The number of halogens is 1. The van der Waals surface area contributed by atoms with Gasteiger partial charge in [-0.15, -0.1) is 5.10 Å². The van der Waals surface area contributed by atoms with Crippen LogP contribution < -0.4 is 0 Å². The van der Waals surface area contributed by atoms with Gasteiger partial charge < -0.3 is 0 Å². The second kappa shape index (κ2) is 5.50. The number of nitrogens with zero attached hydrogens (tertiary/aromatic N) is 4. The van der Waals surface area contributed by atoms with Crippen molar-refractivity contribution in [1.29, 1.82) is 0 Å². The summed E-state index contributed by atoms with van der Waals surface area (Å²) >= 11 is 6.28. The summed E-state index contributed by atoms with van der Waals surface area (Å²) in [7, 11) is 0. The van der Waals surface area contributed by atoms with Crippen molar-refractivity contribution in [2.75, 3.05) is 0 Å². The zero-order chi connectivity index (χ0) is 15.9. The molecule has 0 unspecified atom stereocenters. The van der Waals surface area contributed by atoms with Gasteiger partial charge in [0.25, 0.3) is 0 Å². The highest BCUT2D eigenvalue weighted by atomic mass is 35.5. The maximum Gasteiger partial charge on any atom is 0.181 e. The van der Waals surface area contributed by atoms with E-state index in [0.29, 0.717) is 17.4 Å². The van der Waals surface area contributed by atoms with Gasteiger partial charge in [-0.2, -0.15) is 0 Å². The Morgan fingerprint density at radius 3 is 2.73 bits per heavy atom. The van der Waals surface area contributed by atoms with Crippen molar-refractivity contribution in [2.24, 2.45) is 0 Å². The van der Waals surface area contributed by atoms with Gasteiger partial charge in [-0.1, -0.05) is 28.4 Å². The molecule has 0 radical (unpaired) electrons. The van der Waals surface area contributed by atoms with Crippen molar-refractivity contribution in [1.82, 2.24) is 20.0 Å². The fourth-order valence-corrected chi connectivity index (χ4v) is 2.63. The molecule has 5 nitrogen and oxygen atoms in total. The molecule has 22 heavy (non-hydrogen) atoms. The Labute approximate surface area is 132 Å². The van der Waals surface area contributed by atoms with Crippen LogP contribution in [0.1, 0.15) is 34.2 Å². The Kier molecular flexibility index (Phi) is 3.66. The Morgan fingerprint density at radius 2 is 2.05 bits per heavy atom. The van der Waals surface area contributed by atoms with Crippen molar-refractivity contribution in [3.05, 3.63) is 51.9 Å². The molecular formula is C16H15ClN4O. The van der Waals surface area contributed by atoms with E-state index in [4.69, 9.17) is 11.6 Å². The SMILES string of the molecule is CC(=O)c1nnn(Cc2cc3cc(C)ccc3nc2Cl)c1C. The van der Waals surface area contributed by atoms with E-state index in [2.05, 4.69) is 21.4 Å². The van der Waals surface area contributed by atoms with E-state index >= 15 is 0 Å². The highest BCUT2D eigenvalue weighted by Gasteiger charge is 2.14. The van der Waals surface area contributed by atoms with Crippen molar-refractivity contribution >= 4 is 28.3 Å². The van der Waals surface area contributed by atoms with Crippen LogP contribution in [0.5, 0.6) is 0 Å². The first kappa shape index (κ1) is 14.7. The summed E-state index contributed by atoms with van der Waals surface area (Å²) in [6.45, 7) is 5.77. The van der Waals surface area contributed by atoms with Crippen molar-refractivity contribution in [3.63, 3.8) is 0 Å². The molecule has 0 aliphatic carbocycles. The summed E-state index contributed by atoms with van der Waals surface area (Å²) in [5, 5.41) is 9.42. The summed E-state index contributed by atoms with van der Waals surface area (Å²) in [6.07, 6.45) is 0. The van der Waals surface area contributed by atoms with Crippen LogP contribution in [0.4, 0.5) is 0 Å². The minimum Gasteiger partial charge on any atom is -0.293 e. The second-order valence-corrected chi connectivity index (χ2v) is 5.73. The number of rotatable bonds is 3. The molecule has 3 aromatic rings. The number of ketones is 1. The molecule has 0 spiro atoms. The van der Waals surface area contributed by atoms with Gasteiger partial charge in [0, 0.05) is 17.9 Å². The topological polar surface area (TPSA) is 60.7 Å². The highest BCUT2D eigenvalue weighted by Crippen LogP contribution is 2.22. The van der Waals surface area contributed by atoms with E-state index < -0.39 is 0 Å². The molecule has 1 aromatic carbocycles. The molecule has 0 amide bonds. The van der Waals surface area contributed by atoms with Crippen LogP contribution >= 0.6 is 11.6 Å². The van der Waals surface area contributed by atoms with E-state index in [9.17, 15) is 4.79 Å². The van der Waals surface area contributed by atoms with Gasteiger partial charge in [-0.3, -0.25) is 4.79 Å². The molecule has 0 N–H and O–H groups in total. The standard InChI is InChI=1S/C16H15ClN4O/c1-9-4-5-14-12(6-9)7-13(16(17)18-14)8-21-10(2)15(11(3)22)19-20-21/h4-7H,8H2,1-3H3. The van der Waals surface area contributed by atoms with Crippen LogP contribution in [-0.2, 0) is 6.54 Å². The number of aromatic nitrogens is 4. The van der Waals surface area contributed by atoms with E-state index in [0.717, 1.165) is 22.2 Å². The van der Waals surface area contributed by atoms with Crippen LogP contribution in [0, 0.1) is 13.8 Å². The Hall–Kier alpha value is -2.27. The molecule has 0 saturated heterocycles. The first-order valence-electron chi connectivity index (χ1n) is 6.92. The van der Waals surface area contributed by atoms with Crippen LogP contribution in [-0.4, -0.2) is 25.8 Å². The number of benzene rings is 1. The second-order valence-electron chi connectivity index (χ2n) is 5.37. The molecule has 2 heterocycles. The molecule has 0 fully saturated rings. The first-order valence-corrected chi connectivity index (χ1v) is 7.30. The van der Waals surface area contributed by atoms with Gasteiger partial charge in [0.2, 0.25) is 0 Å². The molecule has 6 heteroatoms. The zero-order valence-electron chi connectivity index (χ0n) is 12.6. The normalized spacial score (nSPS) is 11.1. The van der Waals surface area contributed by atoms with Crippen molar-refractivity contribution in [3.8, 4) is 0 Å². The fraction of sp³-hybridized carbons (Fsp3) is 0.250. The number of hydrogen-bond acceptors (Lipinski definition) is 4. The van der Waals surface area contributed by atoms with Crippen LogP contribution in [0.15, 0.2) is 24.3 Å². The molecule has 0 aliphatic heterocycles.